The highest BCUT2D eigenvalue weighted by molar-refractivity contribution is 5.72. The van der Waals surface area contributed by atoms with Crippen LogP contribution in [0, 0.1) is 17.8 Å². The first-order chi connectivity index (χ1) is 9.11. The largest absolute Gasteiger partial charge is 0.479 e. The predicted octanol–water partition coefficient (Wildman–Crippen LogP) is 2.23. The van der Waals surface area contributed by atoms with Crippen LogP contribution in [0.15, 0.2) is 0 Å². The Morgan fingerprint density at radius 3 is 2.53 bits per heavy atom. The van der Waals surface area contributed by atoms with Crippen molar-refractivity contribution in [1.82, 2.24) is 4.90 Å². The topological polar surface area (TPSA) is 49.8 Å². The number of nitrogens with zero attached hydrogens (tertiary/aromatic N) is 1. The molecule has 4 heteroatoms. The normalized spacial score (nSPS) is 33.1. The van der Waals surface area contributed by atoms with Gasteiger partial charge >= 0.3 is 5.97 Å². The Balaban J connectivity index is 1.80. The molecule has 2 fully saturated rings. The van der Waals surface area contributed by atoms with Gasteiger partial charge in [-0.3, -0.25) is 0 Å². The Labute approximate surface area is 116 Å². The molecule has 1 saturated heterocycles. The summed E-state index contributed by atoms with van der Waals surface area (Å²) in [5.74, 6) is 1.51. The molecule has 19 heavy (non-hydrogen) atoms. The van der Waals surface area contributed by atoms with Gasteiger partial charge in [-0.1, -0.05) is 13.3 Å². The molecule has 1 aliphatic heterocycles. The first-order valence-electron chi connectivity index (χ1n) is 7.64. The van der Waals surface area contributed by atoms with Crippen molar-refractivity contribution in [3.8, 4) is 0 Å². The van der Waals surface area contributed by atoms with Crippen molar-refractivity contribution in [3.63, 3.8) is 0 Å². The van der Waals surface area contributed by atoms with Crippen molar-refractivity contribution in [1.29, 1.82) is 0 Å². The molecular weight excluding hydrogens is 242 g/mol. The second-order valence-corrected chi connectivity index (χ2v) is 6.23. The minimum Gasteiger partial charge on any atom is -0.479 e. The van der Waals surface area contributed by atoms with Gasteiger partial charge in [-0.2, -0.15) is 0 Å². The van der Waals surface area contributed by atoms with E-state index in [-0.39, 0.29) is 0 Å². The average Bonchev–Trinajstić information content (AvgIpc) is 2.34. The summed E-state index contributed by atoms with van der Waals surface area (Å²) in [6, 6.07) is 0. The van der Waals surface area contributed by atoms with Gasteiger partial charge in [0.25, 0.3) is 0 Å². The Kier molecular flexibility index (Phi) is 5.22. The molecule has 1 heterocycles. The van der Waals surface area contributed by atoms with E-state index in [0.717, 1.165) is 24.2 Å². The van der Waals surface area contributed by atoms with Crippen LogP contribution in [0.1, 0.15) is 39.0 Å². The van der Waals surface area contributed by atoms with Crippen molar-refractivity contribution in [3.05, 3.63) is 0 Å². The Bertz CT molecular complexity index is 294. The Hall–Kier alpha value is -0.610. The quantitative estimate of drug-likeness (QED) is 0.803. The molecule has 0 aromatic carbocycles. The maximum atomic E-state index is 10.9. The third-order valence-electron chi connectivity index (χ3n) is 4.87. The molecular formula is C15H27NO3. The minimum atomic E-state index is -0.828. The fraction of sp³-hybridized carbons (Fsp3) is 0.933. The van der Waals surface area contributed by atoms with Crippen molar-refractivity contribution < 1.29 is 14.6 Å². The molecule has 1 aliphatic carbocycles. The van der Waals surface area contributed by atoms with E-state index in [1.807, 2.05) is 6.92 Å². The fourth-order valence-electron chi connectivity index (χ4n) is 3.97. The molecule has 2 rings (SSSR count). The number of fused-ring (bicyclic) bond motifs is 2. The number of likely N-dealkylation sites (tertiary alicyclic amines) is 1. The van der Waals surface area contributed by atoms with E-state index in [0.29, 0.717) is 13.0 Å². The van der Waals surface area contributed by atoms with Gasteiger partial charge in [-0.25, -0.2) is 4.79 Å². The van der Waals surface area contributed by atoms with Crippen LogP contribution in [0.5, 0.6) is 0 Å². The van der Waals surface area contributed by atoms with Gasteiger partial charge in [-0.15, -0.1) is 0 Å². The van der Waals surface area contributed by atoms with E-state index in [2.05, 4.69) is 11.9 Å². The number of piperidine rings is 1. The predicted molar refractivity (Wildman–Crippen MR) is 74.1 cm³/mol. The number of rotatable bonds is 6. The van der Waals surface area contributed by atoms with E-state index in [1.165, 1.54) is 32.4 Å². The fourth-order valence-corrected chi connectivity index (χ4v) is 3.97. The zero-order valence-electron chi connectivity index (χ0n) is 12.2. The van der Waals surface area contributed by atoms with Crippen LogP contribution in [-0.2, 0) is 9.53 Å². The van der Waals surface area contributed by atoms with Crippen molar-refractivity contribution >= 4 is 5.97 Å². The third kappa shape index (κ3) is 3.69. The highest BCUT2D eigenvalue weighted by atomic mass is 16.5. The molecule has 0 aromatic heterocycles. The van der Waals surface area contributed by atoms with Crippen molar-refractivity contribution in [2.45, 2.75) is 45.1 Å². The lowest BCUT2D eigenvalue weighted by Gasteiger charge is -2.46. The van der Waals surface area contributed by atoms with E-state index in [4.69, 9.17) is 9.84 Å². The highest BCUT2D eigenvalue weighted by Crippen LogP contribution is 2.41. The number of ether oxygens (including phenoxy) is 1. The summed E-state index contributed by atoms with van der Waals surface area (Å²) >= 11 is 0. The molecule has 0 amide bonds. The van der Waals surface area contributed by atoms with Crippen LogP contribution in [0.3, 0.4) is 0 Å². The van der Waals surface area contributed by atoms with Gasteiger partial charge in [-0.05, 0) is 50.5 Å². The highest BCUT2D eigenvalue weighted by Gasteiger charge is 2.37. The van der Waals surface area contributed by atoms with Gasteiger partial charge in [0.05, 0.1) is 0 Å². The maximum Gasteiger partial charge on any atom is 0.332 e. The summed E-state index contributed by atoms with van der Waals surface area (Å²) in [5, 5.41) is 8.97. The lowest BCUT2D eigenvalue weighted by Crippen LogP contribution is -2.47. The zero-order chi connectivity index (χ0) is 13.8. The van der Waals surface area contributed by atoms with Crippen LogP contribution in [-0.4, -0.2) is 48.8 Å². The molecule has 3 unspecified atom stereocenters. The molecule has 110 valence electrons. The molecule has 0 radical (unpaired) electrons. The van der Waals surface area contributed by atoms with Crippen molar-refractivity contribution in [2.75, 3.05) is 26.7 Å². The number of hydrogen-bond acceptors (Lipinski definition) is 3. The summed E-state index contributed by atoms with van der Waals surface area (Å²) in [5.41, 5.74) is 0. The van der Waals surface area contributed by atoms with E-state index in [9.17, 15) is 4.79 Å². The maximum absolute atomic E-state index is 10.9. The van der Waals surface area contributed by atoms with Crippen LogP contribution >= 0.6 is 0 Å². The summed E-state index contributed by atoms with van der Waals surface area (Å²) in [6.45, 7) is 4.88. The van der Waals surface area contributed by atoms with Gasteiger partial charge in [0.1, 0.15) is 0 Å². The molecule has 4 nitrogen and oxygen atoms in total. The standard InChI is InChI=1S/C15H27NO3/c1-3-14(15(17)18)19-8-7-13-11-5-4-6-12(13)10-16(2)9-11/h11-14H,3-10H2,1-2H3,(H,17,18). The van der Waals surface area contributed by atoms with Crippen molar-refractivity contribution in [2.24, 2.45) is 17.8 Å². The lowest BCUT2D eigenvalue weighted by molar-refractivity contribution is -0.151. The van der Waals surface area contributed by atoms with E-state index in [1.54, 1.807) is 0 Å². The molecule has 0 spiro atoms. The molecule has 1 saturated carbocycles. The number of aliphatic carboxylic acids is 1. The lowest BCUT2D eigenvalue weighted by atomic mass is 9.68. The second-order valence-electron chi connectivity index (χ2n) is 6.23. The first-order valence-corrected chi connectivity index (χ1v) is 7.64. The van der Waals surface area contributed by atoms with E-state index < -0.39 is 12.1 Å². The molecule has 0 aromatic rings. The van der Waals surface area contributed by atoms with Crippen LogP contribution < -0.4 is 0 Å². The first kappa shape index (κ1) is 14.8. The number of hydrogen-bond donors (Lipinski definition) is 1. The van der Waals surface area contributed by atoms with Gasteiger partial charge in [0, 0.05) is 19.7 Å². The Morgan fingerprint density at radius 1 is 1.37 bits per heavy atom. The Morgan fingerprint density at radius 2 is 2.00 bits per heavy atom. The van der Waals surface area contributed by atoms with Gasteiger partial charge < -0.3 is 14.7 Å². The second kappa shape index (κ2) is 6.71. The summed E-state index contributed by atoms with van der Waals surface area (Å²) in [7, 11) is 2.22. The molecule has 1 N–H and O–H groups in total. The third-order valence-corrected chi connectivity index (χ3v) is 4.87. The SMILES string of the molecule is CCC(OCCC1C2CCCC1CN(C)C2)C(=O)O. The minimum absolute atomic E-state index is 0.551. The number of carboxylic acids is 1. The zero-order valence-corrected chi connectivity index (χ0v) is 12.2. The average molecular weight is 269 g/mol. The smallest absolute Gasteiger partial charge is 0.332 e. The monoisotopic (exact) mass is 269 g/mol. The summed E-state index contributed by atoms with van der Waals surface area (Å²) < 4.78 is 5.53. The summed E-state index contributed by atoms with van der Waals surface area (Å²) in [4.78, 5) is 13.4. The van der Waals surface area contributed by atoms with Crippen LogP contribution in [0.4, 0.5) is 0 Å². The van der Waals surface area contributed by atoms with Crippen LogP contribution in [0.25, 0.3) is 0 Å². The van der Waals surface area contributed by atoms with Gasteiger partial charge in [0.15, 0.2) is 6.10 Å². The number of carbonyl (C=O) groups is 1. The van der Waals surface area contributed by atoms with E-state index >= 15 is 0 Å². The molecule has 2 bridgehead atoms. The summed E-state index contributed by atoms with van der Waals surface area (Å²) in [6.07, 6.45) is 5.00. The number of carboxylic acid groups (broad SMARTS) is 1. The van der Waals surface area contributed by atoms with Gasteiger partial charge in [0.2, 0.25) is 0 Å². The van der Waals surface area contributed by atoms with Crippen LogP contribution in [0.2, 0.25) is 0 Å². The molecule has 3 atom stereocenters. The molecule has 2 aliphatic rings.